The fraction of sp³-hybridized carbons (Fsp3) is 0.167. The summed E-state index contributed by atoms with van der Waals surface area (Å²) in [6.45, 7) is 0.923. The monoisotopic (exact) mass is 298 g/mol. The minimum absolute atomic E-state index is 0.448. The number of sulfonamides is 1. The maximum absolute atomic E-state index is 11.7. The topological polar surface area (TPSA) is 113 Å². The first-order chi connectivity index (χ1) is 9.30. The molecule has 20 heavy (non-hydrogen) atoms. The minimum atomic E-state index is -3.99. The average Bonchev–Trinajstić information content (AvgIpc) is 2.36. The largest absolute Gasteiger partial charge is 0.480 e. The van der Waals surface area contributed by atoms with Crippen LogP contribution < -0.4 is 10.0 Å². The highest BCUT2D eigenvalue weighted by Crippen LogP contribution is 2.13. The second-order valence-electron chi connectivity index (χ2n) is 3.89. The van der Waals surface area contributed by atoms with Gasteiger partial charge in [-0.15, -0.1) is 0 Å². The van der Waals surface area contributed by atoms with Gasteiger partial charge in [-0.05, 0) is 18.1 Å². The molecular weight excluding hydrogens is 284 g/mol. The molecule has 0 aliphatic carbocycles. The molecule has 0 aliphatic rings. The first-order valence-electron chi connectivity index (χ1n) is 5.56. The van der Waals surface area contributed by atoms with Crippen LogP contribution in [0.1, 0.15) is 12.5 Å². The number of carboxylic acid groups (broad SMARTS) is 1. The maximum atomic E-state index is 11.7. The number of hydrogen-bond acceptors (Lipinski definition) is 4. The van der Waals surface area contributed by atoms with Crippen LogP contribution in [0.3, 0.4) is 0 Å². The second-order valence-corrected chi connectivity index (χ2v) is 5.42. The molecule has 0 saturated heterocycles. The Hall–Kier alpha value is -2.35. The Morgan fingerprint density at radius 3 is 2.40 bits per heavy atom. The number of rotatable bonds is 5. The van der Waals surface area contributed by atoms with E-state index in [1.807, 2.05) is 5.32 Å². The van der Waals surface area contributed by atoms with Crippen LogP contribution in [-0.4, -0.2) is 32.1 Å². The van der Waals surface area contributed by atoms with Crippen molar-refractivity contribution in [3.63, 3.8) is 0 Å². The number of urea groups is 1. The Kier molecular flexibility index (Phi) is 5.27. The number of carboxylic acids is 1. The predicted octanol–water partition coefficient (Wildman–Crippen LogP) is 0.761. The van der Waals surface area contributed by atoms with Gasteiger partial charge in [-0.1, -0.05) is 30.3 Å². The van der Waals surface area contributed by atoms with Gasteiger partial charge in [0, 0.05) is 0 Å². The van der Waals surface area contributed by atoms with Crippen molar-refractivity contribution in [2.75, 3.05) is 6.54 Å². The quantitative estimate of drug-likeness (QED) is 0.743. The second kappa shape index (κ2) is 6.71. The van der Waals surface area contributed by atoms with E-state index in [1.54, 1.807) is 42.0 Å². The number of allylic oxidation sites excluding steroid dienone is 1. The molecule has 3 N–H and O–H groups in total. The fourth-order valence-electron chi connectivity index (χ4n) is 1.35. The molecule has 1 aromatic rings. The van der Waals surface area contributed by atoms with Crippen molar-refractivity contribution in [1.29, 1.82) is 0 Å². The molecule has 0 fully saturated rings. The van der Waals surface area contributed by atoms with E-state index in [0.717, 1.165) is 5.41 Å². The van der Waals surface area contributed by atoms with E-state index in [2.05, 4.69) is 0 Å². The van der Waals surface area contributed by atoms with Gasteiger partial charge in [0.1, 0.15) is 6.54 Å². The zero-order valence-electron chi connectivity index (χ0n) is 10.7. The summed E-state index contributed by atoms with van der Waals surface area (Å²) in [5.41, 5.74) is 1.15. The molecule has 0 atom stereocenters. The molecule has 7 nitrogen and oxygen atoms in total. The molecule has 0 heterocycles. The van der Waals surface area contributed by atoms with Crippen molar-refractivity contribution in [2.24, 2.45) is 0 Å². The van der Waals surface area contributed by atoms with Crippen molar-refractivity contribution >= 4 is 27.6 Å². The third-order valence-corrected chi connectivity index (χ3v) is 3.33. The van der Waals surface area contributed by atoms with Gasteiger partial charge in [0.25, 0.3) is 10.0 Å². The molecule has 2 amide bonds. The Balaban J connectivity index is 2.75. The molecule has 0 radical (unpaired) electrons. The van der Waals surface area contributed by atoms with Crippen molar-refractivity contribution in [2.45, 2.75) is 6.92 Å². The lowest BCUT2D eigenvalue weighted by Gasteiger charge is -2.05. The van der Waals surface area contributed by atoms with Crippen molar-refractivity contribution in [3.8, 4) is 0 Å². The fourth-order valence-corrected chi connectivity index (χ4v) is 2.34. The number of hydrogen-bond donors (Lipinski definition) is 3. The third-order valence-electron chi connectivity index (χ3n) is 2.20. The SMILES string of the molecule is C/C(=C\S(=O)(=O)NC(=O)NCC(=O)O)c1ccccc1. The van der Waals surface area contributed by atoms with Crippen LogP contribution in [0.5, 0.6) is 0 Å². The van der Waals surface area contributed by atoms with Gasteiger partial charge >= 0.3 is 12.0 Å². The standard InChI is InChI=1S/C12H14N2O5S/c1-9(10-5-3-2-4-6-10)8-20(18,19)14-12(17)13-7-11(15)16/h2-6,8H,7H2,1H3,(H,15,16)(H2,13,14,17)/b9-8+. The summed E-state index contributed by atoms with van der Waals surface area (Å²) >= 11 is 0. The van der Waals surface area contributed by atoms with E-state index < -0.39 is 28.6 Å². The van der Waals surface area contributed by atoms with Crippen molar-refractivity contribution in [1.82, 2.24) is 10.0 Å². The zero-order valence-corrected chi connectivity index (χ0v) is 11.5. The number of aliphatic carboxylic acids is 1. The minimum Gasteiger partial charge on any atom is -0.480 e. The lowest BCUT2D eigenvalue weighted by Crippen LogP contribution is -2.40. The highest BCUT2D eigenvalue weighted by Gasteiger charge is 2.13. The summed E-state index contributed by atoms with van der Waals surface area (Å²) < 4.78 is 25.0. The normalized spacial score (nSPS) is 11.8. The smallest absolute Gasteiger partial charge is 0.329 e. The maximum Gasteiger partial charge on any atom is 0.329 e. The molecule has 0 aromatic heterocycles. The molecular formula is C12H14N2O5S. The lowest BCUT2D eigenvalue weighted by molar-refractivity contribution is -0.135. The molecule has 0 aliphatic heterocycles. The summed E-state index contributed by atoms with van der Waals surface area (Å²) in [5, 5.41) is 11.1. The van der Waals surface area contributed by atoms with E-state index in [4.69, 9.17) is 5.11 Å². The summed E-state index contributed by atoms with van der Waals surface area (Å²) in [6, 6.07) is 7.67. The molecule has 0 unspecified atom stereocenters. The van der Waals surface area contributed by atoms with Crippen molar-refractivity contribution in [3.05, 3.63) is 41.3 Å². The highest BCUT2D eigenvalue weighted by molar-refractivity contribution is 7.93. The molecule has 108 valence electrons. The number of carbonyl (C=O) groups is 2. The highest BCUT2D eigenvalue weighted by atomic mass is 32.2. The van der Waals surface area contributed by atoms with E-state index in [1.165, 1.54) is 0 Å². The number of carbonyl (C=O) groups excluding carboxylic acids is 1. The third kappa shape index (κ3) is 5.53. The molecule has 0 bridgehead atoms. The predicted molar refractivity (Wildman–Crippen MR) is 73.2 cm³/mol. The van der Waals surface area contributed by atoms with Crippen LogP contribution in [0.15, 0.2) is 35.7 Å². The van der Waals surface area contributed by atoms with Crippen LogP contribution in [0.4, 0.5) is 4.79 Å². The summed E-state index contributed by atoms with van der Waals surface area (Å²) in [5.74, 6) is -1.27. The van der Waals surface area contributed by atoms with Gasteiger partial charge in [-0.3, -0.25) is 4.79 Å². The van der Waals surface area contributed by atoms with Gasteiger partial charge in [-0.2, -0.15) is 0 Å². The molecule has 1 rings (SSSR count). The first-order valence-corrected chi connectivity index (χ1v) is 7.11. The number of amides is 2. The lowest BCUT2D eigenvalue weighted by atomic mass is 10.1. The van der Waals surface area contributed by atoms with E-state index in [0.29, 0.717) is 11.1 Å². The molecule has 0 saturated carbocycles. The van der Waals surface area contributed by atoms with Gasteiger partial charge in [0.15, 0.2) is 0 Å². The van der Waals surface area contributed by atoms with Crippen LogP contribution in [0.2, 0.25) is 0 Å². The van der Waals surface area contributed by atoms with Gasteiger partial charge in [0.2, 0.25) is 0 Å². The van der Waals surface area contributed by atoms with E-state index in [9.17, 15) is 18.0 Å². The van der Waals surface area contributed by atoms with Crippen LogP contribution in [-0.2, 0) is 14.8 Å². The Labute approximate surface area is 116 Å². The van der Waals surface area contributed by atoms with Gasteiger partial charge in [0.05, 0.1) is 5.41 Å². The Bertz CT molecular complexity index is 623. The van der Waals surface area contributed by atoms with Crippen molar-refractivity contribution < 1.29 is 23.1 Å². The number of nitrogens with one attached hydrogen (secondary N) is 2. The first kappa shape index (κ1) is 15.7. The molecule has 1 aromatic carbocycles. The average molecular weight is 298 g/mol. The zero-order chi connectivity index (χ0) is 15.2. The van der Waals surface area contributed by atoms with E-state index >= 15 is 0 Å². The van der Waals surface area contributed by atoms with Crippen LogP contribution >= 0.6 is 0 Å². The Morgan fingerprint density at radius 2 is 1.85 bits per heavy atom. The van der Waals surface area contributed by atoms with Gasteiger partial charge in [-0.25, -0.2) is 17.9 Å². The summed E-state index contributed by atoms with van der Waals surface area (Å²) in [7, 11) is -3.99. The molecule has 0 spiro atoms. The van der Waals surface area contributed by atoms with Crippen LogP contribution in [0, 0.1) is 0 Å². The van der Waals surface area contributed by atoms with Gasteiger partial charge < -0.3 is 10.4 Å². The van der Waals surface area contributed by atoms with Crippen LogP contribution in [0.25, 0.3) is 5.57 Å². The molecule has 8 heteroatoms. The number of benzene rings is 1. The summed E-state index contributed by atoms with van der Waals surface area (Å²) in [6.07, 6.45) is 0. The summed E-state index contributed by atoms with van der Waals surface area (Å²) in [4.78, 5) is 21.4. The van der Waals surface area contributed by atoms with E-state index in [-0.39, 0.29) is 0 Å². The Morgan fingerprint density at radius 1 is 1.25 bits per heavy atom.